The highest BCUT2D eigenvalue weighted by Gasteiger charge is 2.22. The van der Waals surface area contributed by atoms with Crippen molar-refractivity contribution in [2.45, 2.75) is 26.3 Å². The molecule has 2 rings (SSSR count). The molecule has 0 aromatic heterocycles. The van der Waals surface area contributed by atoms with Crippen molar-refractivity contribution in [2.75, 3.05) is 31.3 Å². The molecule has 1 atom stereocenters. The molecule has 30 heavy (non-hydrogen) atoms. The van der Waals surface area contributed by atoms with Gasteiger partial charge in [-0.3, -0.25) is 24.6 Å². The maximum Gasteiger partial charge on any atom is 0.271 e. The zero-order valence-corrected chi connectivity index (χ0v) is 17.5. The number of non-ortho nitro benzene ring substituents is 1. The van der Waals surface area contributed by atoms with Crippen LogP contribution in [0.5, 0.6) is 5.75 Å². The van der Waals surface area contributed by atoms with Crippen LogP contribution in [0.1, 0.15) is 19.4 Å². The highest BCUT2D eigenvalue weighted by Crippen LogP contribution is 2.29. The molecule has 0 aliphatic heterocycles. The standard InChI is InChI=1S/C21H26N4O5/c1-5-15-8-6-7-9-17(15)22-20(26)13-24(3)14(2)21(27)23-18-12-16(25(28)29)10-11-19(18)30-4/h6-12,14H,5,13H2,1-4H3,(H,22,26)(H,23,27)/t14-/m1/s1. The third-order valence-electron chi connectivity index (χ3n) is 4.76. The number of aryl methyl sites for hydroxylation is 1. The molecule has 2 aromatic carbocycles. The number of rotatable bonds is 9. The van der Waals surface area contributed by atoms with E-state index in [2.05, 4.69) is 10.6 Å². The molecular formula is C21H26N4O5. The van der Waals surface area contributed by atoms with Crippen LogP contribution in [0.15, 0.2) is 42.5 Å². The molecule has 0 aliphatic carbocycles. The molecule has 160 valence electrons. The number of benzene rings is 2. The fraction of sp³-hybridized carbons (Fsp3) is 0.333. The van der Waals surface area contributed by atoms with Crippen LogP contribution in [0.3, 0.4) is 0 Å². The van der Waals surface area contributed by atoms with Crippen molar-refractivity contribution in [1.82, 2.24) is 4.90 Å². The SMILES string of the molecule is CCc1ccccc1NC(=O)CN(C)[C@H](C)C(=O)Nc1cc([N+](=O)[O-])ccc1OC. The second-order valence-electron chi connectivity index (χ2n) is 6.78. The number of likely N-dealkylation sites (N-methyl/N-ethyl adjacent to an activating group) is 1. The molecule has 2 N–H and O–H groups in total. The van der Waals surface area contributed by atoms with Gasteiger partial charge in [0.05, 0.1) is 30.3 Å². The van der Waals surface area contributed by atoms with E-state index in [0.29, 0.717) is 5.75 Å². The van der Waals surface area contributed by atoms with Crippen molar-refractivity contribution in [3.63, 3.8) is 0 Å². The number of carbonyl (C=O) groups excluding carboxylic acids is 2. The Morgan fingerprint density at radius 2 is 1.87 bits per heavy atom. The molecule has 9 heteroatoms. The highest BCUT2D eigenvalue weighted by molar-refractivity contribution is 5.97. The van der Waals surface area contributed by atoms with Gasteiger partial charge in [0, 0.05) is 17.8 Å². The van der Waals surface area contributed by atoms with E-state index in [4.69, 9.17) is 4.74 Å². The summed E-state index contributed by atoms with van der Waals surface area (Å²) in [5, 5.41) is 16.5. The monoisotopic (exact) mass is 414 g/mol. The molecule has 0 saturated heterocycles. The van der Waals surface area contributed by atoms with Gasteiger partial charge in [-0.2, -0.15) is 0 Å². The first kappa shape index (κ1) is 22.8. The lowest BCUT2D eigenvalue weighted by Gasteiger charge is -2.24. The lowest BCUT2D eigenvalue weighted by Crippen LogP contribution is -2.43. The number of nitrogens with zero attached hydrogens (tertiary/aromatic N) is 2. The third-order valence-corrected chi connectivity index (χ3v) is 4.76. The first-order valence-corrected chi connectivity index (χ1v) is 9.48. The number of amides is 2. The van der Waals surface area contributed by atoms with Crippen LogP contribution in [-0.2, 0) is 16.0 Å². The van der Waals surface area contributed by atoms with Crippen LogP contribution >= 0.6 is 0 Å². The molecule has 2 aromatic rings. The Labute approximate surface area is 175 Å². The number of para-hydroxylation sites is 1. The summed E-state index contributed by atoms with van der Waals surface area (Å²) in [4.78, 5) is 37.1. The Morgan fingerprint density at radius 3 is 2.50 bits per heavy atom. The predicted octanol–water partition coefficient (Wildman–Crippen LogP) is 3.06. The fourth-order valence-corrected chi connectivity index (χ4v) is 2.85. The first-order chi connectivity index (χ1) is 14.3. The summed E-state index contributed by atoms with van der Waals surface area (Å²) >= 11 is 0. The van der Waals surface area contributed by atoms with Crippen molar-refractivity contribution in [3.05, 3.63) is 58.1 Å². The summed E-state index contributed by atoms with van der Waals surface area (Å²) in [6.07, 6.45) is 0.788. The average molecular weight is 414 g/mol. The first-order valence-electron chi connectivity index (χ1n) is 9.48. The largest absolute Gasteiger partial charge is 0.495 e. The average Bonchev–Trinajstić information content (AvgIpc) is 2.73. The summed E-state index contributed by atoms with van der Waals surface area (Å²) in [7, 11) is 3.06. The maximum atomic E-state index is 12.6. The summed E-state index contributed by atoms with van der Waals surface area (Å²) in [6, 6.07) is 10.8. The molecule has 0 heterocycles. The van der Waals surface area contributed by atoms with E-state index in [9.17, 15) is 19.7 Å². The van der Waals surface area contributed by atoms with Crippen molar-refractivity contribution >= 4 is 28.9 Å². The van der Waals surface area contributed by atoms with Crippen LogP contribution in [0, 0.1) is 10.1 Å². The van der Waals surface area contributed by atoms with E-state index >= 15 is 0 Å². The zero-order chi connectivity index (χ0) is 22.3. The number of hydrogen-bond donors (Lipinski definition) is 2. The van der Waals surface area contributed by atoms with Crippen molar-refractivity contribution < 1.29 is 19.2 Å². The van der Waals surface area contributed by atoms with Gasteiger partial charge in [-0.15, -0.1) is 0 Å². The number of nitro groups is 1. The van der Waals surface area contributed by atoms with Crippen molar-refractivity contribution in [3.8, 4) is 5.75 Å². The molecule has 0 bridgehead atoms. The van der Waals surface area contributed by atoms with Gasteiger partial charge in [0.1, 0.15) is 5.75 Å². The number of ether oxygens (including phenoxy) is 1. The Morgan fingerprint density at radius 1 is 1.17 bits per heavy atom. The Hall–Kier alpha value is -3.46. The molecule has 0 saturated carbocycles. The van der Waals surface area contributed by atoms with Gasteiger partial charge in [0.2, 0.25) is 11.8 Å². The maximum absolute atomic E-state index is 12.6. The second-order valence-corrected chi connectivity index (χ2v) is 6.78. The minimum absolute atomic E-state index is 0.00128. The van der Waals surface area contributed by atoms with Gasteiger partial charge in [-0.05, 0) is 38.1 Å². The summed E-state index contributed by atoms with van der Waals surface area (Å²) in [5.74, 6) is -0.359. The number of nitro benzene ring substituents is 1. The molecular weight excluding hydrogens is 388 g/mol. The van der Waals surface area contributed by atoms with Gasteiger partial charge in [-0.1, -0.05) is 25.1 Å². The van der Waals surface area contributed by atoms with Crippen LogP contribution in [0.4, 0.5) is 17.1 Å². The van der Waals surface area contributed by atoms with Gasteiger partial charge < -0.3 is 15.4 Å². The Balaban J connectivity index is 2.03. The molecule has 0 unspecified atom stereocenters. The van der Waals surface area contributed by atoms with E-state index in [0.717, 1.165) is 17.7 Å². The van der Waals surface area contributed by atoms with Crippen molar-refractivity contribution in [2.24, 2.45) is 0 Å². The molecule has 0 fully saturated rings. The van der Waals surface area contributed by atoms with Crippen molar-refractivity contribution in [1.29, 1.82) is 0 Å². The predicted molar refractivity (Wildman–Crippen MR) is 115 cm³/mol. The van der Waals surface area contributed by atoms with E-state index in [1.807, 2.05) is 31.2 Å². The lowest BCUT2D eigenvalue weighted by atomic mass is 10.1. The van der Waals surface area contributed by atoms with E-state index < -0.39 is 16.9 Å². The fourth-order valence-electron chi connectivity index (χ4n) is 2.85. The van der Waals surface area contributed by atoms with Crippen LogP contribution in [-0.4, -0.2) is 48.4 Å². The lowest BCUT2D eigenvalue weighted by molar-refractivity contribution is -0.384. The van der Waals surface area contributed by atoms with Crippen LogP contribution in [0.2, 0.25) is 0 Å². The van der Waals surface area contributed by atoms with E-state index in [1.54, 1.807) is 18.9 Å². The minimum atomic E-state index is -0.666. The second kappa shape index (κ2) is 10.4. The number of nitrogens with one attached hydrogen (secondary N) is 2. The van der Waals surface area contributed by atoms with Gasteiger partial charge >= 0.3 is 0 Å². The van der Waals surface area contributed by atoms with Gasteiger partial charge in [0.25, 0.3) is 5.69 Å². The number of carbonyl (C=O) groups is 2. The quantitative estimate of drug-likeness (QED) is 0.482. The van der Waals surface area contributed by atoms with Crippen LogP contribution in [0.25, 0.3) is 0 Å². The van der Waals surface area contributed by atoms with Gasteiger partial charge in [-0.25, -0.2) is 0 Å². The third kappa shape index (κ3) is 5.77. The minimum Gasteiger partial charge on any atom is -0.495 e. The zero-order valence-electron chi connectivity index (χ0n) is 17.5. The van der Waals surface area contributed by atoms with Gasteiger partial charge in [0.15, 0.2) is 0 Å². The summed E-state index contributed by atoms with van der Waals surface area (Å²) < 4.78 is 5.16. The molecule has 0 radical (unpaired) electrons. The molecule has 0 spiro atoms. The topological polar surface area (TPSA) is 114 Å². The number of methoxy groups -OCH3 is 1. The summed E-state index contributed by atoms with van der Waals surface area (Å²) in [5.41, 5.74) is 1.80. The summed E-state index contributed by atoms with van der Waals surface area (Å²) in [6.45, 7) is 3.65. The Bertz CT molecular complexity index is 931. The van der Waals surface area contributed by atoms with E-state index in [1.165, 1.54) is 25.3 Å². The molecule has 2 amide bonds. The number of hydrogen-bond acceptors (Lipinski definition) is 6. The normalized spacial score (nSPS) is 11.6. The van der Waals surface area contributed by atoms with Crippen LogP contribution < -0.4 is 15.4 Å². The smallest absolute Gasteiger partial charge is 0.271 e. The highest BCUT2D eigenvalue weighted by atomic mass is 16.6. The number of anilines is 2. The van der Waals surface area contributed by atoms with E-state index in [-0.39, 0.29) is 23.8 Å². The molecule has 0 aliphatic rings. The Kier molecular flexibility index (Phi) is 7.88. The molecule has 9 nitrogen and oxygen atoms in total.